The van der Waals surface area contributed by atoms with Gasteiger partial charge in [-0.1, -0.05) is 36.5 Å². The van der Waals surface area contributed by atoms with Crippen LogP contribution in [-0.2, 0) is 6.42 Å². The highest BCUT2D eigenvalue weighted by Gasteiger charge is 2.21. The molecule has 2 nitrogen and oxygen atoms in total. The zero-order valence-electron chi connectivity index (χ0n) is 8.65. The number of nitriles is 1. The van der Waals surface area contributed by atoms with Gasteiger partial charge in [-0.15, -0.1) is 0 Å². The van der Waals surface area contributed by atoms with E-state index < -0.39 is 0 Å². The number of aryl methyl sites for hydroxylation is 1. The number of hydrogen-bond acceptors (Lipinski definition) is 3. The molecule has 4 heteroatoms. The molecule has 1 aromatic rings. The van der Waals surface area contributed by atoms with E-state index in [-0.39, 0.29) is 5.70 Å². The summed E-state index contributed by atoms with van der Waals surface area (Å²) in [5.74, 6) is 0. The van der Waals surface area contributed by atoms with E-state index in [1.165, 1.54) is 29.1 Å². The van der Waals surface area contributed by atoms with Crippen molar-refractivity contribution >= 4 is 23.5 Å². The molecule has 0 saturated heterocycles. The summed E-state index contributed by atoms with van der Waals surface area (Å²) in [6, 6.07) is 8.24. The van der Waals surface area contributed by atoms with Crippen LogP contribution in [0, 0.1) is 17.9 Å². The Hall–Kier alpha value is -1.36. The van der Waals surface area contributed by atoms with E-state index in [1.807, 2.05) is 6.07 Å². The van der Waals surface area contributed by atoms with Gasteiger partial charge in [-0.3, -0.25) is 0 Å². The van der Waals surface area contributed by atoms with Crippen LogP contribution < -0.4 is 0 Å². The van der Waals surface area contributed by atoms with Gasteiger partial charge in [0.1, 0.15) is 0 Å². The number of benzene rings is 1. The number of nitrogens with zero attached hydrogens (tertiary/aromatic N) is 2. The molecule has 0 unspecified atom stereocenters. The Bertz CT molecular complexity index is 531. The molecule has 1 heterocycles. The van der Waals surface area contributed by atoms with Gasteiger partial charge >= 0.3 is 0 Å². The van der Waals surface area contributed by atoms with Crippen molar-refractivity contribution in [3.8, 4) is 6.07 Å². The van der Waals surface area contributed by atoms with Crippen LogP contribution in [0.2, 0.25) is 0 Å². The predicted octanol–water partition coefficient (Wildman–Crippen LogP) is 4.06. The average molecular weight is 244 g/mol. The Morgan fingerprint density at radius 2 is 2.19 bits per heavy atom. The van der Waals surface area contributed by atoms with Crippen molar-refractivity contribution < 1.29 is 0 Å². The molecule has 0 aliphatic carbocycles. The molecular weight excluding hydrogens is 236 g/mol. The van der Waals surface area contributed by atoms with Crippen molar-refractivity contribution in [2.75, 3.05) is 0 Å². The first-order valence-electron chi connectivity index (χ1n) is 4.79. The Kier molecular flexibility index (Phi) is 3.24. The van der Waals surface area contributed by atoms with Crippen LogP contribution in [0.1, 0.15) is 12.5 Å². The highest BCUT2D eigenvalue weighted by molar-refractivity contribution is 8.24. The summed E-state index contributed by atoms with van der Waals surface area (Å²) >= 11 is 3.05. The van der Waals surface area contributed by atoms with Gasteiger partial charge < -0.3 is 0 Å². The molecule has 0 bridgehead atoms. The molecule has 0 saturated carbocycles. The van der Waals surface area contributed by atoms with Gasteiger partial charge in [0, 0.05) is 9.79 Å². The number of hydrogen-bond donors (Lipinski definition) is 0. The van der Waals surface area contributed by atoms with E-state index >= 15 is 0 Å². The minimum atomic E-state index is 0.198. The van der Waals surface area contributed by atoms with Crippen LogP contribution in [0.15, 0.2) is 37.9 Å². The molecule has 16 heavy (non-hydrogen) atoms. The second-order valence-electron chi connectivity index (χ2n) is 3.20. The number of thioether (sulfide) groups is 2. The van der Waals surface area contributed by atoms with Gasteiger partial charge in [0.05, 0.1) is 16.9 Å². The molecule has 0 atom stereocenters. The van der Waals surface area contributed by atoms with Crippen molar-refractivity contribution in [2.45, 2.75) is 23.1 Å². The fraction of sp³-hybridized carbons (Fsp3) is 0.167. The van der Waals surface area contributed by atoms with Crippen LogP contribution >= 0.6 is 23.5 Å². The van der Waals surface area contributed by atoms with E-state index in [0.717, 1.165) is 20.4 Å². The highest BCUT2D eigenvalue weighted by atomic mass is 32.2. The average Bonchev–Trinajstić information content (AvgIpc) is 2.72. The smallest absolute Gasteiger partial charge is 0.225 e. The van der Waals surface area contributed by atoms with Crippen molar-refractivity contribution in [2.24, 2.45) is 0 Å². The van der Waals surface area contributed by atoms with E-state index in [0.29, 0.717) is 0 Å². The first-order valence-corrected chi connectivity index (χ1v) is 6.42. The molecule has 78 valence electrons. The largest absolute Gasteiger partial charge is 0.282 e. The molecule has 0 amide bonds. The number of rotatable bonds is 1. The minimum Gasteiger partial charge on any atom is -0.225 e. The van der Waals surface area contributed by atoms with Gasteiger partial charge in [-0.25, -0.2) is 10.1 Å². The van der Waals surface area contributed by atoms with Crippen molar-refractivity contribution in [1.82, 2.24) is 0 Å². The molecule has 1 aliphatic heterocycles. The van der Waals surface area contributed by atoms with Gasteiger partial charge in [0.2, 0.25) is 0 Å². The van der Waals surface area contributed by atoms with Crippen LogP contribution in [0.5, 0.6) is 0 Å². The maximum Gasteiger partial charge on any atom is 0.282 e. The van der Waals surface area contributed by atoms with Crippen LogP contribution in [-0.4, -0.2) is 0 Å². The lowest BCUT2D eigenvalue weighted by molar-refractivity contribution is 1.10. The SMILES string of the molecule is [C-]#[N+]/C(C#N)=C1\Sc2ccc(CC)cc2S1. The topological polar surface area (TPSA) is 28.1 Å². The third-order valence-corrected chi connectivity index (χ3v) is 4.75. The second kappa shape index (κ2) is 4.65. The third kappa shape index (κ3) is 1.95. The Balaban J connectivity index is 2.39. The zero-order valence-corrected chi connectivity index (χ0v) is 10.3. The predicted molar refractivity (Wildman–Crippen MR) is 66.8 cm³/mol. The fourth-order valence-electron chi connectivity index (χ4n) is 1.37. The maximum atomic E-state index is 8.82. The minimum absolute atomic E-state index is 0.198. The molecular formula is C12H8N2S2. The summed E-state index contributed by atoms with van der Waals surface area (Å²) in [6.07, 6.45) is 1.01. The fourth-order valence-corrected chi connectivity index (χ4v) is 3.78. The molecule has 2 rings (SSSR count). The van der Waals surface area contributed by atoms with Crippen molar-refractivity contribution in [3.05, 3.63) is 45.1 Å². The summed E-state index contributed by atoms with van der Waals surface area (Å²) in [5, 5.41) is 8.82. The molecule has 0 fully saturated rings. The monoisotopic (exact) mass is 244 g/mol. The normalized spacial score (nSPS) is 16.2. The quantitative estimate of drug-likeness (QED) is 0.551. The molecule has 0 N–H and O–H groups in total. The summed E-state index contributed by atoms with van der Waals surface area (Å²) in [5.41, 5.74) is 1.48. The Morgan fingerprint density at radius 3 is 2.81 bits per heavy atom. The zero-order chi connectivity index (χ0) is 11.5. The van der Waals surface area contributed by atoms with Crippen LogP contribution in [0.3, 0.4) is 0 Å². The second-order valence-corrected chi connectivity index (χ2v) is 5.56. The number of fused-ring (bicyclic) bond motifs is 1. The Morgan fingerprint density at radius 1 is 1.44 bits per heavy atom. The van der Waals surface area contributed by atoms with Crippen molar-refractivity contribution in [1.29, 1.82) is 5.26 Å². The summed E-state index contributed by atoms with van der Waals surface area (Å²) in [7, 11) is 0. The summed E-state index contributed by atoms with van der Waals surface area (Å²) in [6.45, 7) is 9.04. The van der Waals surface area contributed by atoms with Gasteiger partial charge in [-0.2, -0.15) is 0 Å². The van der Waals surface area contributed by atoms with Gasteiger partial charge in [0.25, 0.3) is 5.70 Å². The summed E-state index contributed by atoms with van der Waals surface area (Å²) < 4.78 is 0.806. The molecule has 1 aliphatic rings. The molecule has 0 spiro atoms. The molecule has 1 aromatic carbocycles. The highest BCUT2D eigenvalue weighted by Crippen LogP contribution is 2.52. The third-order valence-electron chi connectivity index (χ3n) is 2.23. The standard InChI is InChI=1S/C12H8N2S2/c1-3-8-4-5-10-11(6-8)16-12(15-10)9(7-13)14-2/h4-6H,3H2,1H3/b12-9+. The first-order chi connectivity index (χ1) is 7.78. The van der Waals surface area contributed by atoms with Crippen molar-refractivity contribution in [3.63, 3.8) is 0 Å². The van der Waals surface area contributed by atoms with Gasteiger partial charge in [0.15, 0.2) is 0 Å². The number of allylic oxidation sites excluding steroid dienone is 1. The van der Waals surface area contributed by atoms with Crippen LogP contribution in [0.25, 0.3) is 4.85 Å². The van der Waals surface area contributed by atoms with E-state index in [9.17, 15) is 0 Å². The first kappa shape index (κ1) is 11.1. The lowest BCUT2D eigenvalue weighted by Gasteiger charge is -1.98. The van der Waals surface area contributed by atoms with Gasteiger partial charge in [-0.05, 0) is 24.1 Å². The van der Waals surface area contributed by atoms with Crippen LogP contribution in [0.4, 0.5) is 0 Å². The lowest BCUT2D eigenvalue weighted by atomic mass is 10.2. The van der Waals surface area contributed by atoms with E-state index in [1.54, 1.807) is 0 Å². The summed E-state index contributed by atoms with van der Waals surface area (Å²) in [4.78, 5) is 5.55. The Labute approximate surface area is 103 Å². The van der Waals surface area contributed by atoms with E-state index in [2.05, 4.69) is 30.0 Å². The molecule has 0 radical (unpaired) electrons. The molecule has 0 aromatic heterocycles. The van der Waals surface area contributed by atoms with E-state index in [4.69, 9.17) is 11.8 Å². The maximum absolute atomic E-state index is 8.82. The lowest BCUT2D eigenvalue weighted by Crippen LogP contribution is -1.79.